The van der Waals surface area contributed by atoms with Crippen LogP contribution in [0.25, 0.3) is 22.3 Å². The Hall–Kier alpha value is -3.55. The van der Waals surface area contributed by atoms with Gasteiger partial charge < -0.3 is 14.9 Å². The lowest BCUT2D eigenvalue weighted by Crippen LogP contribution is -2.16. The van der Waals surface area contributed by atoms with Crippen LogP contribution in [0, 0.1) is 5.82 Å². The molecule has 0 saturated heterocycles. The molecule has 2 aromatic carbocycles. The topological polar surface area (TPSA) is 112 Å². The van der Waals surface area contributed by atoms with E-state index in [2.05, 4.69) is 36.3 Å². The smallest absolute Gasteiger partial charge is 0.417 e. The molecule has 3 N–H and O–H groups in total. The van der Waals surface area contributed by atoms with E-state index < -0.39 is 23.5 Å². The molecule has 0 saturated carbocycles. The number of methoxy groups -OCH3 is 1. The van der Waals surface area contributed by atoms with Crippen molar-refractivity contribution in [1.82, 2.24) is 15.0 Å². The number of esters is 1. The van der Waals surface area contributed by atoms with Crippen LogP contribution < -0.4 is 16.0 Å². The Bertz CT molecular complexity index is 1520. The first kappa shape index (κ1) is 26.5. The standard InChI is InChI=1S/C23H15BrClF4N5O3/c1-36-19-14(25)4-3-11(17(19)26)20-32-18(16(24)21(33-20)34-30)22(35)37-9-10-2-5-15-12(8-10)13(6-7-31-15)23(27,28)29/h2-8H,9,30H2,1H3,(H,32,33,34). The fraction of sp³-hybridized carbons (Fsp3) is 0.130. The summed E-state index contributed by atoms with van der Waals surface area (Å²) in [6, 6.07) is 7.62. The predicted molar refractivity (Wildman–Crippen MR) is 130 cm³/mol. The number of nitrogen functional groups attached to an aromatic ring is 1. The number of rotatable bonds is 6. The maximum Gasteiger partial charge on any atom is 0.417 e. The molecule has 14 heteroatoms. The number of hydrogen-bond donors (Lipinski definition) is 2. The van der Waals surface area contributed by atoms with Crippen LogP contribution in [0.15, 0.2) is 47.1 Å². The molecular weight excluding hydrogens is 586 g/mol. The summed E-state index contributed by atoms with van der Waals surface area (Å²) in [5, 5.41) is -0.132. The highest BCUT2D eigenvalue weighted by atomic mass is 79.9. The highest BCUT2D eigenvalue weighted by molar-refractivity contribution is 9.10. The number of anilines is 1. The molecule has 4 rings (SSSR count). The van der Waals surface area contributed by atoms with E-state index in [0.29, 0.717) is 0 Å². The lowest BCUT2D eigenvalue weighted by Gasteiger charge is -2.13. The van der Waals surface area contributed by atoms with E-state index in [4.69, 9.17) is 26.9 Å². The molecule has 0 radical (unpaired) electrons. The first-order valence-electron chi connectivity index (χ1n) is 10.2. The summed E-state index contributed by atoms with van der Waals surface area (Å²) in [5.74, 6) is 3.10. The van der Waals surface area contributed by atoms with Gasteiger partial charge in [-0.25, -0.2) is 25.0 Å². The zero-order chi connectivity index (χ0) is 26.9. The minimum Gasteiger partial charge on any atom is -0.492 e. The number of carbonyl (C=O) groups excluding carboxylic acids is 1. The van der Waals surface area contributed by atoms with Crippen molar-refractivity contribution >= 4 is 50.2 Å². The van der Waals surface area contributed by atoms with Gasteiger partial charge in [0.1, 0.15) is 6.61 Å². The Morgan fingerprint density at radius 3 is 2.62 bits per heavy atom. The molecule has 0 atom stereocenters. The molecule has 0 aliphatic carbocycles. The van der Waals surface area contributed by atoms with E-state index >= 15 is 0 Å². The molecule has 0 amide bonds. The number of hydrogen-bond acceptors (Lipinski definition) is 8. The summed E-state index contributed by atoms with van der Waals surface area (Å²) in [4.78, 5) is 25.0. The molecule has 2 heterocycles. The van der Waals surface area contributed by atoms with Crippen LogP contribution in [0.5, 0.6) is 5.75 Å². The predicted octanol–water partition coefficient (Wildman–Crippen LogP) is 5.92. The summed E-state index contributed by atoms with van der Waals surface area (Å²) < 4.78 is 65.4. The monoisotopic (exact) mass is 599 g/mol. The van der Waals surface area contributed by atoms with E-state index in [1.54, 1.807) is 0 Å². The van der Waals surface area contributed by atoms with E-state index in [9.17, 15) is 22.4 Å². The molecule has 8 nitrogen and oxygen atoms in total. The second-order valence-corrected chi connectivity index (χ2v) is 8.63. The highest BCUT2D eigenvalue weighted by Gasteiger charge is 2.32. The largest absolute Gasteiger partial charge is 0.492 e. The minimum absolute atomic E-state index is 0.0110. The first-order valence-corrected chi connectivity index (χ1v) is 11.4. The Balaban J connectivity index is 1.67. The first-order chi connectivity index (χ1) is 17.5. The summed E-state index contributed by atoms with van der Waals surface area (Å²) in [6.45, 7) is -0.388. The van der Waals surface area contributed by atoms with Crippen molar-refractivity contribution in [3.8, 4) is 17.1 Å². The molecule has 0 unspecified atom stereocenters. The van der Waals surface area contributed by atoms with Gasteiger partial charge in [-0.2, -0.15) is 13.2 Å². The SMILES string of the molecule is COc1c(Cl)ccc(-c2nc(NN)c(Br)c(C(=O)OCc3ccc4nccc(C(F)(F)F)c4c3)n2)c1F. The second kappa shape index (κ2) is 10.4. The van der Waals surface area contributed by atoms with Crippen molar-refractivity contribution in [1.29, 1.82) is 0 Å². The number of hydrazine groups is 1. The summed E-state index contributed by atoms with van der Waals surface area (Å²) in [6.07, 6.45) is -3.53. The van der Waals surface area contributed by atoms with Crippen LogP contribution in [0.1, 0.15) is 21.6 Å². The van der Waals surface area contributed by atoms with Crippen molar-refractivity contribution in [3.05, 3.63) is 74.7 Å². The van der Waals surface area contributed by atoms with Crippen molar-refractivity contribution in [2.24, 2.45) is 5.84 Å². The van der Waals surface area contributed by atoms with Crippen LogP contribution in [-0.2, 0) is 17.5 Å². The maximum atomic E-state index is 14.9. The highest BCUT2D eigenvalue weighted by Crippen LogP contribution is 2.36. The Labute approximate surface area is 219 Å². The van der Waals surface area contributed by atoms with Crippen LogP contribution in [-0.4, -0.2) is 28.0 Å². The number of fused-ring (bicyclic) bond motifs is 1. The molecule has 0 bridgehead atoms. The number of carbonyl (C=O) groups is 1. The fourth-order valence-corrected chi connectivity index (χ4v) is 4.12. The van der Waals surface area contributed by atoms with E-state index in [1.165, 1.54) is 37.4 Å². The minimum atomic E-state index is -4.59. The lowest BCUT2D eigenvalue weighted by molar-refractivity contribution is -0.136. The number of nitrogens with one attached hydrogen (secondary N) is 1. The van der Waals surface area contributed by atoms with Gasteiger partial charge >= 0.3 is 12.1 Å². The number of pyridine rings is 1. The maximum absolute atomic E-state index is 14.9. The third-order valence-electron chi connectivity index (χ3n) is 5.16. The van der Waals surface area contributed by atoms with E-state index in [-0.39, 0.29) is 61.2 Å². The van der Waals surface area contributed by atoms with E-state index in [0.717, 1.165) is 12.3 Å². The van der Waals surface area contributed by atoms with E-state index in [1.807, 2.05) is 0 Å². The van der Waals surface area contributed by atoms with Gasteiger partial charge in [0.2, 0.25) is 0 Å². The molecule has 0 aliphatic heterocycles. The van der Waals surface area contributed by atoms with Crippen LogP contribution in [0.2, 0.25) is 5.02 Å². The molecule has 37 heavy (non-hydrogen) atoms. The molecule has 2 aromatic heterocycles. The van der Waals surface area contributed by atoms with Crippen LogP contribution in [0.3, 0.4) is 0 Å². The average Bonchev–Trinajstić information content (AvgIpc) is 2.87. The zero-order valence-corrected chi connectivity index (χ0v) is 21.0. The van der Waals surface area contributed by atoms with Gasteiger partial charge in [0.15, 0.2) is 28.9 Å². The van der Waals surface area contributed by atoms with Gasteiger partial charge in [-0.3, -0.25) is 4.98 Å². The fourth-order valence-electron chi connectivity index (χ4n) is 3.44. The zero-order valence-electron chi connectivity index (χ0n) is 18.7. The number of benzene rings is 2. The number of nitrogens with zero attached hydrogens (tertiary/aromatic N) is 3. The summed E-state index contributed by atoms with van der Waals surface area (Å²) >= 11 is 9.10. The summed E-state index contributed by atoms with van der Waals surface area (Å²) in [7, 11) is 1.23. The summed E-state index contributed by atoms with van der Waals surface area (Å²) in [5.41, 5.74) is 1.36. The van der Waals surface area contributed by atoms with Crippen LogP contribution in [0.4, 0.5) is 23.4 Å². The van der Waals surface area contributed by atoms with Gasteiger partial charge in [-0.15, -0.1) is 0 Å². The average molecular weight is 601 g/mol. The number of ether oxygens (including phenoxy) is 2. The number of alkyl halides is 3. The second-order valence-electron chi connectivity index (χ2n) is 7.43. The Morgan fingerprint density at radius 1 is 1.19 bits per heavy atom. The molecule has 0 fully saturated rings. The number of aromatic nitrogens is 3. The van der Waals surface area contributed by atoms with Crippen LogP contribution >= 0.6 is 27.5 Å². The number of halogens is 6. The lowest BCUT2D eigenvalue weighted by atomic mass is 10.1. The quantitative estimate of drug-likeness (QED) is 0.121. The molecule has 0 aliphatic rings. The van der Waals surface area contributed by atoms with Gasteiger partial charge in [0, 0.05) is 11.6 Å². The Kier molecular flexibility index (Phi) is 7.48. The van der Waals surface area contributed by atoms with Gasteiger partial charge in [-0.05, 0) is 51.8 Å². The van der Waals surface area contributed by atoms with Crippen molar-refractivity contribution < 1.29 is 31.8 Å². The number of nitrogens with two attached hydrogens (primary N) is 1. The van der Waals surface area contributed by atoms with Gasteiger partial charge in [-0.1, -0.05) is 17.7 Å². The molecule has 4 aromatic rings. The van der Waals surface area contributed by atoms with Crippen molar-refractivity contribution in [3.63, 3.8) is 0 Å². The van der Waals surface area contributed by atoms with Crippen molar-refractivity contribution in [2.75, 3.05) is 12.5 Å². The molecule has 192 valence electrons. The van der Waals surface area contributed by atoms with Gasteiger partial charge in [0.25, 0.3) is 0 Å². The van der Waals surface area contributed by atoms with Crippen molar-refractivity contribution in [2.45, 2.75) is 12.8 Å². The molecular formula is C23H15BrClF4N5O3. The molecule has 0 spiro atoms. The normalized spacial score (nSPS) is 11.5. The van der Waals surface area contributed by atoms with Gasteiger partial charge in [0.05, 0.1) is 33.2 Å². The third-order valence-corrected chi connectivity index (χ3v) is 6.21. The Morgan fingerprint density at radius 2 is 1.95 bits per heavy atom. The third kappa shape index (κ3) is 5.29.